The third-order valence-electron chi connectivity index (χ3n) is 3.71. The minimum Gasteiger partial charge on any atom is -0.508 e. The van der Waals surface area contributed by atoms with Gasteiger partial charge in [-0.1, -0.05) is 12.1 Å². The number of nitrogens with zero attached hydrogens (tertiary/aromatic N) is 1. The van der Waals surface area contributed by atoms with Crippen molar-refractivity contribution in [2.24, 2.45) is 0 Å². The van der Waals surface area contributed by atoms with E-state index in [-0.39, 0.29) is 11.7 Å². The maximum Gasteiger partial charge on any atom is 0.254 e. The lowest BCUT2D eigenvalue weighted by Crippen LogP contribution is -2.36. The van der Waals surface area contributed by atoms with Crippen molar-refractivity contribution in [3.63, 3.8) is 0 Å². The maximum absolute atomic E-state index is 12.4. The standard InChI is InChI=1S/C16H16N2O2/c17-15-3-1-2-11-8-9-18(10-14(11)15)16(20)12-4-6-13(19)7-5-12/h1-7,19H,8-10,17H2. The summed E-state index contributed by atoms with van der Waals surface area (Å²) in [5, 5.41) is 9.27. The van der Waals surface area contributed by atoms with Crippen LogP contribution >= 0.6 is 0 Å². The van der Waals surface area contributed by atoms with Gasteiger partial charge in [0, 0.05) is 24.3 Å². The number of fused-ring (bicyclic) bond motifs is 1. The highest BCUT2D eigenvalue weighted by molar-refractivity contribution is 5.94. The molecule has 0 aromatic heterocycles. The fraction of sp³-hybridized carbons (Fsp3) is 0.188. The van der Waals surface area contributed by atoms with E-state index in [1.807, 2.05) is 12.1 Å². The minimum absolute atomic E-state index is 0.0288. The zero-order chi connectivity index (χ0) is 14.1. The first kappa shape index (κ1) is 12.5. The highest BCUT2D eigenvalue weighted by Gasteiger charge is 2.22. The van der Waals surface area contributed by atoms with E-state index in [9.17, 15) is 9.90 Å². The molecule has 0 radical (unpaired) electrons. The summed E-state index contributed by atoms with van der Waals surface area (Å²) in [5.74, 6) is 0.133. The van der Waals surface area contributed by atoms with E-state index in [1.54, 1.807) is 17.0 Å². The Hall–Kier alpha value is -2.49. The van der Waals surface area contributed by atoms with E-state index in [1.165, 1.54) is 17.7 Å². The molecule has 1 aliphatic rings. The number of hydrogen-bond donors (Lipinski definition) is 2. The molecule has 1 aliphatic heterocycles. The topological polar surface area (TPSA) is 66.6 Å². The molecular formula is C16H16N2O2. The van der Waals surface area contributed by atoms with Gasteiger partial charge in [-0.2, -0.15) is 0 Å². The van der Waals surface area contributed by atoms with Crippen LogP contribution in [0.5, 0.6) is 5.75 Å². The first-order valence-corrected chi connectivity index (χ1v) is 6.59. The van der Waals surface area contributed by atoms with Gasteiger partial charge in [0.15, 0.2) is 0 Å². The highest BCUT2D eigenvalue weighted by Crippen LogP contribution is 2.25. The van der Waals surface area contributed by atoms with E-state index in [4.69, 9.17) is 5.73 Å². The molecule has 2 aromatic rings. The van der Waals surface area contributed by atoms with Crippen LogP contribution in [-0.4, -0.2) is 22.5 Å². The predicted molar refractivity (Wildman–Crippen MR) is 77.4 cm³/mol. The van der Waals surface area contributed by atoms with Crippen molar-refractivity contribution >= 4 is 11.6 Å². The molecule has 3 N–H and O–H groups in total. The number of carbonyl (C=O) groups excluding carboxylic acids is 1. The summed E-state index contributed by atoms with van der Waals surface area (Å²) in [6, 6.07) is 12.2. The van der Waals surface area contributed by atoms with Gasteiger partial charge in [-0.25, -0.2) is 0 Å². The van der Waals surface area contributed by atoms with Crippen LogP contribution in [0, 0.1) is 0 Å². The number of benzene rings is 2. The summed E-state index contributed by atoms with van der Waals surface area (Å²) in [5.41, 5.74) is 9.59. The molecule has 0 atom stereocenters. The molecule has 1 amide bonds. The lowest BCUT2D eigenvalue weighted by atomic mass is 9.97. The smallest absolute Gasteiger partial charge is 0.254 e. The number of nitrogens with two attached hydrogens (primary N) is 1. The Balaban J connectivity index is 1.85. The quantitative estimate of drug-likeness (QED) is 0.779. The van der Waals surface area contributed by atoms with Gasteiger partial charge in [0.05, 0.1) is 0 Å². The summed E-state index contributed by atoms with van der Waals surface area (Å²) in [6.45, 7) is 1.23. The predicted octanol–water partition coefficient (Wildman–Crippen LogP) is 2.17. The summed E-state index contributed by atoms with van der Waals surface area (Å²) < 4.78 is 0. The molecular weight excluding hydrogens is 252 g/mol. The van der Waals surface area contributed by atoms with E-state index >= 15 is 0 Å². The van der Waals surface area contributed by atoms with Crippen LogP contribution in [-0.2, 0) is 13.0 Å². The van der Waals surface area contributed by atoms with Crippen LogP contribution in [0.25, 0.3) is 0 Å². The number of hydrogen-bond acceptors (Lipinski definition) is 3. The van der Waals surface area contributed by atoms with E-state index in [0.717, 1.165) is 17.7 Å². The normalized spacial score (nSPS) is 13.9. The van der Waals surface area contributed by atoms with Crippen molar-refractivity contribution in [3.05, 3.63) is 59.2 Å². The Bertz CT molecular complexity index is 650. The number of aromatic hydroxyl groups is 1. The average Bonchev–Trinajstić information content (AvgIpc) is 2.47. The van der Waals surface area contributed by atoms with Gasteiger partial charge in [-0.05, 0) is 47.9 Å². The van der Waals surface area contributed by atoms with Crippen LogP contribution in [0.4, 0.5) is 5.69 Å². The molecule has 20 heavy (non-hydrogen) atoms. The minimum atomic E-state index is -0.0288. The molecule has 0 aliphatic carbocycles. The van der Waals surface area contributed by atoms with Gasteiger partial charge in [0.1, 0.15) is 5.75 Å². The van der Waals surface area contributed by atoms with Crippen LogP contribution in [0.2, 0.25) is 0 Å². The van der Waals surface area contributed by atoms with E-state index in [0.29, 0.717) is 18.7 Å². The van der Waals surface area contributed by atoms with Crippen molar-refractivity contribution in [1.82, 2.24) is 4.90 Å². The molecule has 0 saturated carbocycles. The average molecular weight is 268 g/mol. The van der Waals surface area contributed by atoms with E-state index in [2.05, 4.69) is 6.07 Å². The Morgan fingerprint density at radius 3 is 2.65 bits per heavy atom. The third-order valence-corrected chi connectivity index (χ3v) is 3.71. The molecule has 3 rings (SSSR count). The number of rotatable bonds is 1. The van der Waals surface area contributed by atoms with Crippen molar-refractivity contribution in [2.75, 3.05) is 12.3 Å². The largest absolute Gasteiger partial charge is 0.508 e. The lowest BCUT2D eigenvalue weighted by Gasteiger charge is -2.29. The molecule has 0 fully saturated rings. The van der Waals surface area contributed by atoms with Crippen LogP contribution in [0.15, 0.2) is 42.5 Å². The number of amides is 1. The van der Waals surface area contributed by atoms with Crippen molar-refractivity contribution in [1.29, 1.82) is 0 Å². The SMILES string of the molecule is Nc1cccc2c1CN(C(=O)c1ccc(O)cc1)CC2. The molecule has 4 heteroatoms. The van der Waals surface area contributed by atoms with Gasteiger partial charge >= 0.3 is 0 Å². The zero-order valence-corrected chi connectivity index (χ0v) is 11.0. The van der Waals surface area contributed by atoms with Gasteiger partial charge in [0.2, 0.25) is 0 Å². The molecule has 0 spiro atoms. The zero-order valence-electron chi connectivity index (χ0n) is 11.0. The molecule has 102 valence electrons. The second-order valence-electron chi connectivity index (χ2n) is 5.01. The number of phenols is 1. The second kappa shape index (κ2) is 4.89. The molecule has 0 saturated heterocycles. The molecule has 4 nitrogen and oxygen atoms in total. The third kappa shape index (κ3) is 2.20. The summed E-state index contributed by atoms with van der Waals surface area (Å²) in [7, 11) is 0. The van der Waals surface area contributed by atoms with E-state index < -0.39 is 0 Å². The summed E-state index contributed by atoms with van der Waals surface area (Å²) in [6.07, 6.45) is 0.824. The Morgan fingerprint density at radius 2 is 1.90 bits per heavy atom. The van der Waals surface area contributed by atoms with Crippen molar-refractivity contribution in [3.8, 4) is 5.75 Å². The molecule has 2 aromatic carbocycles. The molecule has 1 heterocycles. The molecule has 0 bridgehead atoms. The maximum atomic E-state index is 12.4. The van der Waals surface area contributed by atoms with Crippen LogP contribution < -0.4 is 5.73 Å². The second-order valence-corrected chi connectivity index (χ2v) is 5.01. The Labute approximate surface area is 117 Å². The van der Waals surface area contributed by atoms with Gasteiger partial charge in [0.25, 0.3) is 5.91 Å². The Morgan fingerprint density at radius 1 is 1.15 bits per heavy atom. The summed E-state index contributed by atoms with van der Waals surface area (Å²) >= 11 is 0. The Kier molecular flexibility index (Phi) is 3.06. The number of carbonyl (C=O) groups is 1. The van der Waals surface area contributed by atoms with Crippen molar-refractivity contribution < 1.29 is 9.90 Å². The lowest BCUT2D eigenvalue weighted by molar-refractivity contribution is 0.0735. The fourth-order valence-electron chi connectivity index (χ4n) is 2.57. The van der Waals surface area contributed by atoms with Gasteiger partial charge < -0.3 is 15.7 Å². The first-order chi connectivity index (χ1) is 9.65. The highest BCUT2D eigenvalue weighted by atomic mass is 16.3. The fourth-order valence-corrected chi connectivity index (χ4v) is 2.57. The number of anilines is 1. The summed E-state index contributed by atoms with van der Waals surface area (Å²) in [4.78, 5) is 14.2. The number of phenolic OH excluding ortho intramolecular Hbond substituents is 1. The van der Waals surface area contributed by atoms with Gasteiger partial charge in [-0.15, -0.1) is 0 Å². The van der Waals surface area contributed by atoms with Crippen LogP contribution in [0.3, 0.4) is 0 Å². The number of nitrogen functional groups attached to an aromatic ring is 1. The first-order valence-electron chi connectivity index (χ1n) is 6.59. The molecule has 0 unspecified atom stereocenters. The van der Waals surface area contributed by atoms with Crippen molar-refractivity contribution in [2.45, 2.75) is 13.0 Å². The van der Waals surface area contributed by atoms with Gasteiger partial charge in [-0.3, -0.25) is 4.79 Å². The van der Waals surface area contributed by atoms with Crippen LogP contribution in [0.1, 0.15) is 21.5 Å². The monoisotopic (exact) mass is 268 g/mol.